The van der Waals surface area contributed by atoms with Crippen LogP contribution in [-0.4, -0.2) is 18.0 Å². The molecule has 0 spiro atoms. The van der Waals surface area contributed by atoms with E-state index in [-0.39, 0.29) is 11.4 Å². The van der Waals surface area contributed by atoms with Gasteiger partial charge in [-0.15, -0.1) is 0 Å². The number of amides is 1. The van der Waals surface area contributed by atoms with Crippen LogP contribution >= 0.6 is 11.8 Å². The Labute approximate surface area is 158 Å². The molecule has 3 rings (SSSR count). The number of rotatable bonds is 7. The molecule has 1 aliphatic rings. The van der Waals surface area contributed by atoms with Gasteiger partial charge in [0, 0.05) is 5.69 Å². The summed E-state index contributed by atoms with van der Waals surface area (Å²) in [5.41, 5.74) is 3.07. The summed E-state index contributed by atoms with van der Waals surface area (Å²) in [6, 6.07) is 15.9. The largest absolute Gasteiger partial charge is 0.490 e. The molecule has 0 saturated carbocycles. The van der Waals surface area contributed by atoms with Crippen molar-refractivity contribution in [1.29, 1.82) is 0 Å². The molecule has 1 atom stereocenters. The monoisotopic (exact) mass is 366 g/mol. The van der Waals surface area contributed by atoms with Crippen LogP contribution in [0.25, 0.3) is 6.08 Å². The van der Waals surface area contributed by atoms with E-state index in [1.54, 1.807) is 6.08 Å². The third-order valence-corrected chi connectivity index (χ3v) is 4.97. The Hall–Kier alpha value is -2.66. The third kappa shape index (κ3) is 4.70. The fourth-order valence-corrected chi connectivity index (χ4v) is 3.51. The Morgan fingerprint density at radius 1 is 1.19 bits per heavy atom. The van der Waals surface area contributed by atoms with E-state index >= 15 is 0 Å². The highest BCUT2D eigenvalue weighted by molar-refractivity contribution is 8.05. The highest BCUT2D eigenvalue weighted by Gasteiger charge is 2.27. The van der Waals surface area contributed by atoms with Gasteiger partial charge in [0.05, 0.1) is 4.91 Å². The standard InChI is InChI=1S/C21H22N2O2S/c1-3-13-25-18-11-7-16(8-12-18)14-19-20(24)23-21(26-19)22-17-9-5-15(4-2)6-10-17/h3,5-12,14,21-22H,1,4,13H2,2H3,(H,23,24)/b19-14-/t21-/m1/s1. The maximum absolute atomic E-state index is 12.2. The van der Waals surface area contributed by atoms with Crippen molar-refractivity contribution in [3.63, 3.8) is 0 Å². The normalized spacial score (nSPS) is 17.8. The SMILES string of the molecule is C=CCOc1ccc(/C=C2\S[C@H](Nc3ccc(CC)cc3)NC2=O)cc1. The maximum Gasteiger partial charge on any atom is 0.260 e. The number of carbonyl (C=O) groups excluding carboxylic acids is 1. The minimum Gasteiger partial charge on any atom is -0.490 e. The number of hydrogen-bond donors (Lipinski definition) is 2. The van der Waals surface area contributed by atoms with Crippen LogP contribution in [0.2, 0.25) is 0 Å². The second-order valence-electron chi connectivity index (χ2n) is 5.84. The summed E-state index contributed by atoms with van der Waals surface area (Å²) in [7, 11) is 0. The average Bonchev–Trinajstić information content (AvgIpc) is 3.00. The number of carbonyl (C=O) groups is 1. The predicted molar refractivity (Wildman–Crippen MR) is 109 cm³/mol. The molecule has 4 nitrogen and oxygen atoms in total. The number of benzene rings is 2. The second kappa shape index (κ2) is 8.63. The van der Waals surface area contributed by atoms with E-state index in [2.05, 4.69) is 36.3 Å². The van der Waals surface area contributed by atoms with Crippen LogP contribution in [0.15, 0.2) is 66.1 Å². The van der Waals surface area contributed by atoms with Crippen LogP contribution < -0.4 is 15.4 Å². The zero-order valence-electron chi connectivity index (χ0n) is 14.7. The van der Waals surface area contributed by atoms with E-state index in [4.69, 9.17) is 4.74 Å². The molecule has 1 aliphatic heterocycles. The van der Waals surface area contributed by atoms with Crippen molar-refractivity contribution in [3.8, 4) is 5.75 Å². The number of aryl methyl sites for hydroxylation is 1. The Morgan fingerprint density at radius 3 is 2.58 bits per heavy atom. The smallest absolute Gasteiger partial charge is 0.260 e. The Kier molecular flexibility index (Phi) is 6.02. The number of hydrogen-bond acceptors (Lipinski definition) is 4. The molecule has 0 radical (unpaired) electrons. The summed E-state index contributed by atoms with van der Waals surface area (Å²) < 4.78 is 5.47. The Morgan fingerprint density at radius 2 is 1.92 bits per heavy atom. The van der Waals surface area contributed by atoms with Crippen molar-refractivity contribution >= 4 is 29.4 Å². The lowest BCUT2D eigenvalue weighted by atomic mass is 10.1. The number of ether oxygens (including phenoxy) is 1. The molecule has 1 heterocycles. The van der Waals surface area contributed by atoms with Crippen LogP contribution in [0.1, 0.15) is 18.1 Å². The molecule has 5 heteroatoms. The lowest BCUT2D eigenvalue weighted by Gasteiger charge is -2.12. The summed E-state index contributed by atoms with van der Waals surface area (Å²) in [6.07, 6.45) is 4.61. The van der Waals surface area contributed by atoms with Crippen molar-refractivity contribution in [2.24, 2.45) is 0 Å². The van der Waals surface area contributed by atoms with Crippen LogP contribution in [0.5, 0.6) is 5.75 Å². The molecule has 1 fully saturated rings. The quantitative estimate of drug-likeness (QED) is 0.563. The molecule has 26 heavy (non-hydrogen) atoms. The molecule has 2 aromatic carbocycles. The molecular formula is C21H22N2O2S. The van der Waals surface area contributed by atoms with Crippen molar-refractivity contribution in [2.45, 2.75) is 18.8 Å². The fraction of sp³-hybridized carbons (Fsp3) is 0.190. The van der Waals surface area contributed by atoms with Gasteiger partial charge >= 0.3 is 0 Å². The van der Waals surface area contributed by atoms with Crippen LogP contribution in [0.4, 0.5) is 5.69 Å². The molecule has 1 saturated heterocycles. The summed E-state index contributed by atoms with van der Waals surface area (Å²) in [6.45, 7) is 6.24. The summed E-state index contributed by atoms with van der Waals surface area (Å²) in [4.78, 5) is 12.9. The minimum atomic E-state index is -0.170. The maximum atomic E-state index is 12.2. The zero-order valence-corrected chi connectivity index (χ0v) is 15.5. The average molecular weight is 366 g/mol. The number of nitrogens with one attached hydrogen (secondary N) is 2. The minimum absolute atomic E-state index is 0.0651. The van der Waals surface area contributed by atoms with Gasteiger partial charge in [-0.1, -0.05) is 55.6 Å². The van der Waals surface area contributed by atoms with E-state index in [9.17, 15) is 4.79 Å². The van der Waals surface area contributed by atoms with Gasteiger partial charge in [0.2, 0.25) is 0 Å². The lowest BCUT2D eigenvalue weighted by Crippen LogP contribution is -2.30. The lowest BCUT2D eigenvalue weighted by molar-refractivity contribution is -0.116. The molecule has 134 valence electrons. The highest BCUT2D eigenvalue weighted by atomic mass is 32.2. The van der Waals surface area contributed by atoms with Gasteiger partial charge < -0.3 is 15.4 Å². The zero-order chi connectivity index (χ0) is 18.4. The van der Waals surface area contributed by atoms with Gasteiger partial charge in [0.25, 0.3) is 5.91 Å². The summed E-state index contributed by atoms with van der Waals surface area (Å²) in [5.74, 6) is 0.718. The Balaban J connectivity index is 1.63. The molecular weight excluding hydrogens is 344 g/mol. The van der Waals surface area contributed by atoms with Gasteiger partial charge in [-0.2, -0.15) is 0 Å². The van der Waals surface area contributed by atoms with Gasteiger partial charge in [0.15, 0.2) is 5.50 Å². The molecule has 0 bridgehead atoms. The molecule has 1 amide bonds. The first kappa shape index (κ1) is 18.1. The topological polar surface area (TPSA) is 50.4 Å². The van der Waals surface area contributed by atoms with Crippen molar-refractivity contribution < 1.29 is 9.53 Å². The van der Waals surface area contributed by atoms with Gasteiger partial charge in [-0.25, -0.2) is 0 Å². The van der Waals surface area contributed by atoms with Gasteiger partial charge in [-0.05, 0) is 47.9 Å². The molecule has 0 aliphatic carbocycles. The van der Waals surface area contributed by atoms with Crippen LogP contribution in [0.3, 0.4) is 0 Å². The van der Waals surface area contributed by atoms with Crippen LogP contribution in [-0.2, 0) is 11.2 Å². The van der Waals surface area contributed by atoms with Crippen molar-refractivity contribution in [3.05, 3.63) is 77.2 Å². The highest BCUT2D eigenvalue weighted by Crippen LogP contribution is 2.30. The molecule has 2 N–H and O–H groups in total. The van der Waals surface area contributed by atoms with Crippen LogP contribution in [0, 0.1) is 0 Å². The molecule has 0 aromatic heterocycles. The molecule has 0 unspecified atom stereocenters. The summed E-state index contributed by atoms with van der Waals surface area (Å²) >= 11 is 1.48. The first-order valence-electron chi connectivity index (χ1n) is 8.56. The van der Waals surface area contributed by atoms with Gasteiger partial charge in [0.1, 0.15) is 12.4 Å². The number of anilines is 1. The predicted octanol–water partition coefficient (Wildman–Crippen LogP) is 4.41. The third-order valence-electron chi connectivity index (χ3n) is 3.94. The van der Waals surface area contributed by atoms with E-state index in [0.29, 0.717) is 11.5 Å². The van der Waals surface area contributed by atoms with E-state index in [1.165, 1.54) is 17.3 Å². The first-order chi connectivity index (χ1) is 12.7. The van der Waals surface area contributed by atoms with Crippen molar-refractivity contribution in [1.82, 2.24) is 5.32 Å². The van der Waals surface area contributed by atoms with E-state index < -0.39 is 0 Å². The first-order valence-corrected chi connectivity index (χ1v) is 9.44. The van der Waals surface area contributed by atoms with E-state index in [1.807, 2.05) is 42.5 Å². The van der Waals surface area contributed by atoms with E-state index in [0.717, 1.165) is 23.4 Å². The Bertz CT molecular complexity index is 798. The molecule has 2 aromatic rings. The van der Waals surface area contributed by atoms with Crippen molar-refractivity contribution in [2.75, 3.05) is 11.9 Å². The summed E-state index contributed by atoms with van der Waals surface area (Å²) in [5, 5.41) is 6.28. The number of thioether (sulfide) groups is 1. The second-order valence-corrected chi connectivity index (χ2v) is 6.99. The fourth-order valence-electron chi connectivity index (χ4n) is 2.52. The van der Waals surface area contributed by atoms with Gasteiger partial charge in [-0.3, -0.25) is 4.79 Å².